The van der Waals surface area contributed by atoms with Gasteiger partial charge in [0.05, 0.1) is 6.61 Å². The number of hydrogen-bond acceptors (Lipinski definition) is 3. The first kappa shape index (κ1) is 7.18. The minimum atomic E-state index is 0.547. The first-order valence-electron chi connectivity index (χ1n) is 3.14. The fraction of sp³-hybridized carbons (Fsp3) is 0.286. The van der Waals surface area contributed by atoms with Gasteiger partial charge < -0.3 is 4.84 Å². The Morgan fingerprint density at radius 3 is 3.10 bits per heavy atom. The van der Waals surface area contributed by atoms with Gasteiger partial charge >= 0.3 is 0 Å². The molecule has 0 aromatic carbocycles. The zero-order chi connectivity index (χ0) is 7.23. The van der Waals surface area contributed by atoms with Crippen LogP contribution in [0.15, 0.2) is 24.5 Å². The molecule has 0 bridgehead atoms. The number of hydrogen-bond donors (Lipinski definition) is 1. The lowest BCUT2D eigenvalue weighted by molar-refractivity contribution is 0.141. The normalized spacial score (nSPS) is 9.70. The SMILES string of the molecule is NOCCc1cccnc1. The molecule has 0 unspecified atom stereocenters. The van der Waals surface area contributed by atoms with E-state index >= 15 is 0 Å². The maximum absolute atomic E-state index is 4.86. The molecule has 0 saturated carbocycles. The van der Waals surface area contributed by atoms with Crippen LogP contribution in [0, 0.1) is 0 Å². The van der Waals surface area contributed by atoms with Gasteiger partial charge in [0.15, 0.2) is 0 Å². The summed E-state index contributed by atoms with van der Waals surface area (Å²) in [7, 11) is 0. The lowest BCUT2D eigenvalue weighted by atomic mass is 10.2. The van der Waals surface area contributed by atoms with Gasteiger partial charge in [-0.1, -0.05) is 6.07 Å². The summed E-state index contributed by atoms with van der Waals surface area (Å²) in [4.78, 5) is 8.36. The van der Waals surface area contributed by atoms with Gasteiger partial charge in [-0.05, 0) is 18.1 Å². The predicted molar refractivity (Wildman–Crippen MR) is 38.1 cm³/mol. The molecule has 3 heteroatoms. The predicted octanol–water partition coefficient (Wildman–Crippen LogP) is 0.514. The van der Waals surface area contributed by atoms with Crippen LogP contribution in [-0.2, 0) is 11.3 Å². The Bertz CT molecular complexity index is 176. The van der Waals surface area contributed by atoms with Crippen LogP contribution in [0.2, 0.25) is 0 Å². The molecule has 0 aliphatic carbocycles. The van der Waals surface area contributed by atoms with Gasteiger partial charge in [-0.25, -0.2) is 5.90 Å². The van der Waals surface area contributed by atoms with Crippen molar-refractivity contribution in [2.45, 2.75) is 6.42 Å². The zero-order valence-electron chi connectivity index (χ0n) is 5.66. The zero-order valence-corrected chi connectivity index (χ0v) is 5.66. The molecular formula is C7H10N2O. The molecule has 1 rings (SSSR count). The Morgan fingerprint density at radius 2 is 2.50 bits per heavy atom. The standard InChI is InChI=1S/C7H10N2O/c8-10-5-3-7-2-1-4-9-6-7/h1-2,4,6H,3,5,8H2. The molecule has 1 aromatic heterocycles. The van der Waals surface area contributed by atoms with E-state index in [1.165, 1.54) is 0 Å². The molecule has 0 amide bonds. The van der Waals surface area contributed by atoms with Crippen molar-refractivity contribution in [1.29, 1.82) is 0 Å². The molecule has 0 fully saturated rings. The van der Waals surface area contributed by atoms with Crippen LogP contribution in [0.25, 0.3) is 0 Å². The molecule has 3 nitrogen and oxygen atoms in total. The number of nitrogens with zero attached hydrogens (tertiary/aromatic N) is 1. The lowest BCUT2D eigenvalue weighted by Crippen LogP contribution is -2.03. The van der Waals surface area contributed by atoms with Gasteiger partial charge in [-0.2, -0.15) is 0 Å². The highest BCUT2D eigenvalue weighted by atomic mass is 16.6. The molecule has 10 heavy (non-hydrogen) atoms. The number of pyridine rings is 1. The van der Waals surface area contributed by atoms with E-state index in [0.717, 1.165) is 12.0 Å². The van der Waals surface area contributed by atoms with E-state index in [1.54, 1.807) is 12.4 Å². The minimum Gasteiger partial charge on any atom is -0.304 e. The first-order chi connectivity index (χ1) is 4.93. The van der Waals surface area contributed by atoms with Crippen LogP contribution in [0.1, 0.15) is 5.56 Å². The van der Waals surface area contributed by atoms with Gasteiger partial charge in [0.25, 0.3) is 0 Å². The third kappa shape index (κ3) is 2.13. The van der Waals surface area contributed by atoms with Gasteiger partial charge in [-0.3, -0.25) is 4.98 Å². The monoisotopic (exact) mass is 138 g/mol. The van der Waals surface area contributed by atoms with Crippen molar-refractivity contribution in [2.24, 2.45) is 5.90 Å². The molecule has 54 valence electrons. The summed E-state index contributed by atoms with van der Waals surface area (Å²) >= 11 is 0. The number of nitrogens with two attached hydrogens (primary N) is 1. The van der Waals surface area contributed by atoms with E-state index in [4.69, 9.17) is 5.90 Å². The van der Waals surface area contributed by atoms with Crippen molar-refractivity contribution in [3.8, 4) is 0 Å². The molecule has 1 heterocycles. The van der Waals surface area contributed by atoms with E-state index in [9.17, 15) is 0 Å². The van der Waals surface area contributed by atoms with Crippen molar-refractivity contribution < 1.29 is 4.84 Å². The van der Waals surface area contributed by atoms with Gasteiger partial charge in [-0.15, -0.1) is 0 Å². The van der Waals surface area contributed by atoms with Gasteiger partial charge in [0, 0.05) is 12.4 Å². The third-order valence-electron chi connectivity index (χ3n) is 1.23. The molecule has 0 spiro atoms. The first-order valence-corrected chi connectivity index (χ1v) is 3.14. The summed E-state index contributed by atoms with van der Waals surface area (Å²) in [5.74, 6) is 4.86. The Balaban J connectivity index is 2.43. The maximum Gasteiger partial charge on any atom is 0.0720 e. The second-order valence-electron chi connectivity index (χ2n) is 1.98. The summed E-state index contributed by atoms with van der Waals surface area (Å²) in [5.41, 5.74) is 1.15. The molecule has 2 N–H and O–H groups in total. The van der Waals surface area contributed by atoms with Gasteiger partial charge in [0.1, 0.15) is 0 Å². The topological polar surface area (TPSA) is 48.1 Å². The summed E-state index contributed by atoms with van der Waals surface area (Å²) in [6, 6.07) is 3.89. The Morgan fingerprint density at radius 1 is 1.60 bits per heavy atom. The highest BCUT2D eigenvalue weighted by Crippen LogP contribution is 1.95. The van der Waals surface area contributed by atoms with E-state index in [2.05, 4.69) is 9.82 Å². The van der Waals surface area contributed by atoms with Crippen molar-refractivity contribution in [3.05, 3.63) is 30.1 Å². The Kier molecular flexibility index (Phi) is 2.86. The maximum atomic E-state index is 4.86. The highest BCUT2D eigenvalue weighted by molar-refractivity contribution is 5.08. The summed E-state index contributed by atoms with van der Waals surface area (Å²) in [6.07, 6.45) is 4.37. The van der Waals surface area contributed by atoms with E-state index in [-0.39, 0.29) is 0 Å². The fourth-order valence-electron chi connectivity index (χ4n) is 0.723. The van der Waals surface area contributed by atoms with E-state index in [1.807, 2.05) is 12.1 Å². The molecule has 0 aliphatic heterocycles. The fourth-order valence-corrected chi connectivity index (χ4v) is 0.723. The van der Waals surface area contributed by atoms with Crippen molar-refractivity contribution >= 4 is 0 Å². The van der Waals surface area contributed by atoms with Crippen molar-refractivity contribution in [1.82, 2.24) is 4.98 Å². The molecular weight excluding hydrogens is 128 g/mol. The van der Waals surface area contributed by atoms with Crippen LogP contribution < -0.4 is 5.90 Å². The molecule has 0 radical (unpaired) electrons. The van der Waals surface area contributed by atoms with Crippen LogP contribution in [0.3, 0.4) is 0 Å². The third-order valence-corrected chi connectivity index (χ3v) is 1.23. The Labute approximate surface area is 59.8 Å². The minimum absolute atomic E-state index is 0.547. The quantitative estimate of drug-likeness (QED) is 0.619. The Hall–Kier alpha value is -0.930. The second kappa shape index (κ2) is 3.98. The van der Waals surface area contributed by atoms with E-state index in [0.29, 0.717) is 6.61 Å². The number of aromatic nitrogens is 1. The molecule has 0 aliphatic rings. The molecule has 0 atom stereocenters. The van der Waals surface area contributed by atoms with Crippen LogP contribution >= 0.6 is 0 Å². The van der Waals surface area contributed by atoms with Crippen LogP contribution in [0.5, 0.6) is 0 Å². The van der Waals surface area contributed by atoms with Crippen molar-refractivity contribution in [2.75, 3.05) is 6.61 Å². The highest BCUT2D eigenvalue weighted by Gasteiger charge is 1.88. The lowest BCUT2D eigenvalue weighted by Gasteiger charge is -1.96. The average molecular weight is 138 g/mol. The van der Waals surface area contributed by atoms with Crippen molar-refractivity contribution in [3.63, 3.8) is 0 Å². The molecule has 1 aromatic rings. The van der Waals surface area contributed by atoms with Gasteiger partial charge in [0.2, 0.25) is 0 Å². The summed E-state index contributed by atoms with van der Waals surface area (Å²) in [6.45, 7) is 0.547. The van der Waals surface area contributed by atoms with Crippen LogP contribution in [-0.4, -0.2) is 11.6 Å². The summed E-state index contributed by atoms with van der Waals surface area (Å²) < 4.78 is 0. The van der Waals surface area contributed by atoms with E-state index < -0.39 is 0 Å². The average Bonchev–Trinajstić information content (AvgIpc) is 2.03. The number of rotatable bonds is 3. The summed E-state index contributed by atoms with van der Waals surface area (Å²) in [5, 5.41) is 0. The molecule has 0 saturated heterocycles. The largest absolute Gasteiger partial charge is 0.304 e. The smallest absolute Gasteiger partial charge is 0.0720 e. The van der Waals surface area contributed by atoms with Crippen LogP contribution in [0.4, 0.5) is 0 Å². The second-order valence-corrected chi connectivity index (χ2v) is 1.98.